The van der Waals surface area contributed by atoms with E-state index < -0.39 is 18.0 Å². The zero-order valence-electron chi connectivity index (χ0n) is 10.4. The third-order valence-corrected chi connectivity index (χ3v) is 1.80. The second-order valence-corrected chi connectivity index (χ2v) is 3.47. The Morgan fingerprint density at radius 3 is 1.94 bits per heavy atom. The smallest absolute Gasteiger partial charge is 0.326 e. The van der Waals surface area contributed by atoms with Gasteiger partial charge in [0.25, 0.3) is 0 Å². The van der Waals surface area contributed by atoms with Crippen molar-refractivity contribution in [2.75, 3.05) is 13.1 Å². The van der Waals surface area contributed by atoms with Crippen molar-refractivity contribution < 1.29 is 24.6 Å². The first-order chi connectivity index (χ1) is 8.34. The van der Waals surface area contributed by atoms with Gasteiger partial charge in [-0.15, -0.1) is 0 Å². The van der Waals surface area contributed by atoms with E-state index in [0.29, 0.717) is 19.4 Å². The molecule has 0 radical (unpaired) electrons. The van der Waals surface area contributed by atoms with E-state index in [1.54, 1.807) is 0 Å². The van der Waals surface area contributed by atoms with Crippen molar-refractivity contribution in [3.8, 4) is 0 Å². The summed E-state index contributed by atoms with van der Waals surface area (Å²) in [6.07, 6.45) is 1.93. The molecule has 0 aliphatic rings. The summed E-state index contributed by atoms with van der Waals surface area (Å²) in [5, 5.41) is 18.6. The molecule has 0 saturated carbocycles. The number of nitrogens with two attached hydrogens (primary N) is 2. The Morgan fingerprint density at radius 1 is 1.17 bits per heavy atom. The van der Waals surface area contributed by atoms with Crippen LogP contribution < -0.4 is 16.8 Å². The molecule has 8 nitrogen and oxygen atoms in total. The van der Waals surface area contributed by atoms with E-state index in [4.69, 9.17) is 15.9 Å². The Labute approximate surface area is 105 Å². The van der Waals surface area contributed by atoms with Gasteiger partial charge in [0, 0.05) is 6.92 Å². The van der Waals surface area contributed by atoms with E-state index in [1.807, 2.05) is 0 Å². The molecular weight excluding hydrogens is 242 g/mol. The summed E-state index contributed by atoms with van der Waals surface area (Å²) in [6, 6.07) is -0.774. The van der Waals surface area contributed by atoms with Crippen molar-refractivity contribution in [1.82, 2.24) is 5.32 Å². The molecule has 8 heteroatoms. The Kier molecular flexibility index (Phi) is 12.3. The lowest BCUT2D eigenvalue weighted by Gasteiger charge is -2.12. The molecule has 0 rings (SSSR count). The Balaban J connectivity index is 0. The average Bonchev–Trinajstić information content (AvgIpc) is 2.28. The maximum absolute atomic E-state index is 10.6. The maximum atomic E-state index is 10.6. The zero-order valence-corrected chi connectivity index (χ0v) is 10.4. The summed E-state index contributed by atoms with van der Waals surface area (Å²) >= 11 is 0. The summed E-state index contributed by atoms with van der Waals surface area (Å²) in [4.78, 5) is 30.4. The Morgan fingerprint density at radius 2 is 1.67 bits per heavy atom. The molecule has 18 heavy (non-hydrogen) atoms. The van der Waals surface area contributed by atoms with Crippen molar-refractivity contribution >= 4 is 17.8 Å². The van der Waals surface area contributed by atoms with Crippen LogP contribution in [0.5, 0.6) is 0 Å². The van der Waals surface area contributed by atoms with Gasteiger partial charge in [0.1, 0.15) is 6.04 Å². The van der Waals surface area contributed by atoms with E-state index in [0.717, 1.165) is 6.42 Å². The lowest BCUT2D eigenvalue weighted by molar-refractivity contribution is -0.141. The molecule has 0 saturated heterocycles. The number of hydrogen-bond acceptors (Lipinski definition) is 5. The van der Waals surface area contributed by atoms with Gasteiger partial charge in [0.2, 0.25) is 5.91 Å². The minimum absolute atomic E-state index is 0.278. The first kappa shape index (κ1) is 18.7. The minimum Gasteiger partial charge on any atom is -0.480 e. The summed E-state index contributed by atoms with van der Waals surface area (Å²) in [5.41, 5.74) is 9.83. The number of amides is 1. The normalized spacial score (nSPS) is 10.8. The molecule has 0 heterocycles. The van der Waals surface area contributed by atoms with Gasteiger partial charge in [-0.05, 0) is 25.8 Å². The summed E-state index contributed by atoms with van der Waals surface area (Å²) in [7, 11) is 0. The molecule has 0 aromatic heterocycles. The van der Waals surface area contributed by atoms with Crippen LogP contribution in [-0.4, -0.2) is 47.2 Å². The number of hydrogen-bond donors (Lipinski definition) is 5. The fraction of sp³-hybridized carbons (Fsp3) is 0.700. The maximum Gasteiger partial charge on any atom is 0.326 e. The molecule has 0 unspecified atom stereocenters. The van der Waals surface area contributed by atoms with Gasteiger partial charge in [0.15, 0.2) is 0 Å². The van der Waals surface area contributed by atoms with Crippen molar-refractivity contribution in [1.29, 1.82) is 0 Å². The van der Waals surface area contributed by atoms with E-state index in [1.165, 1.54) is 6.92 Å². The lowest BCUT2D eigenvalue weighted by Crippen LogP contribution is -2.39. The van der Waals surface area contributed by atoms with Gasteiger partial charge < -0.3 is 27.0 Å². The highest BCUT2D eigenvalue weighted by atomic mass is 16.4. The predicted molar refractivity (Wildman–Crippen MR) is 64.8 cm³/mol. The molecule has 0 aliphatic carbocycles. The number of aliphatic carboxylic acids is 2. The third kappa shape index (κ3) is 14.3. The molecular formula is C10H21N3O5. The van der Waals surface area contributed by atoms with Crippen molar-refractivity contribution in [2.45, 2.75) is 32.2 Å². The van der Waals surface area contributed by atoms with Crippen LogP contribution in [0.1, 0.15) is 26.2 Å². The standard InChI is InChI=1S/C8H16N2O3.C2H5NO2/c1-6(11)10-7(8(12)13)4-2-3-5-9;3-1-2(4)5/h7H,2-5,9H2,1H3,(H,10,11)(H,12,13);1,3H2,(H,4,5)/t7-;/m0./s1. The Hall–Kier alpha value is -1.67. The Bertz CT molecular complexity index is 270. The molecule has 0 spiro atoms. The summed E-state index contributed by atoms with van der Waals surface area (Å²) in [5.74, 6) is -2.28. The van der Waals surface area contributed by atoms with Crippen LogP contribution in [0.2, 0.25) is 0 Å². The highest BCUT2D eigenvalue weighted by Crippen LogP contribution is 2.00. The monoisotopic (exact) mass is 263 g/mol. The second-order valence-electron chi connectivity index (χ2n) is 3.47. The van der Waals surface area contributed by atoms with E-state index in [9.17, 15) is 14.4 Å². The van der Waals surface area contributed by atoms with Crippen LogP contribution in [0.3, 0.4) is 0 Å². The molecule has 0 bridgehead atoms. The van der Waals surface area contributed by atoms with E-state index >= 15 is 0 Å². The van der Waals surface area contributed by atoms with Gasteiger partial charge in [-0.3, -0.25) is 9.59 Å². The number of carboxylic acid groups (broad SMARTS) is 2. The third-order valence-electron chi connectivity index (χ3n) is 1.80. The number of nitrogens with one attached hydrogen (secondary N) is 1. The molecule has 1 atom stereocenters. The van der Waals surface area contributed by atoms with E-state index in [-0.39, 0.29) is 12.5 Å². The van der Waals surface area contributed by atoms with Crippen LogP contribution in [-0.2, 0) is 14.4 Å². The van der Waals surface area contributed by atoms with E-state index in [2.05, 4.69) is 11.1 Å². The van der Waals surface area contributed by atoms with Gasteiger partial charge in [-0.25, -0.2) is 4.79 Å². The minimum atomic E-state index is -0.993. The fourth-order valence-electron chi connectivity index (χ4n) is 0.996. The summed E-state index contributed by atoms with van der Waals surface area (Å²) in [6.45, 7) is 1.57. The van der Waals surface area contributed by atoms with Gasteiger partial charge in [-0.1, -0.05) is 0 Å². The second kappa shape index (κ2) is 11.8. The largest absolute Gasteiger partial charge is 0.480 e. The predicted octanol–water partition coefficient (Wildman–Crippen LogP) is -1.27. The summed E-state index contributed by atoms with van der Waals surface area (Å²) < 4.78 is 0. The fourth-order valence-corrected chi connectivity index (χ4v) is 0.996. The number of carbonyl (C=O) groups excluding carboxylic acids is 1. The zero-order chi connectivity index (χ0) is 14.6. The topological polar surface area (TPSA) is 156 Å². The highest BCUT2D eigenvalue weighted by molar-refractivity contribution is 5.81. The van der Waals surface area contributed by atoms with Crippen LogP contribution in [0.15, 0.2) is 0 Å². The lowest BCUT2D eigenvalue weighted by atomic mass is 10.1. The quantitative estimate of drug-likeness (QED) is 0.358. The van der Waals surface area contributed by atoms with Gasteiger partial charge in [0.05, 0.1) is 6.54 Å². The molecule has 1 amide bonds. The molecule has 0 aliphatic heterocycles. The molecule has 106 valence electrons. The molecule has 0 fully saturated rings. The molecule has 0 aromatic carbocycles. The van der Waals surface area contributed by atoms with Crippen molar-refractivity contribution in [2.24, 2.45) is 11.5 Å². The van der Waals surface area contributed by atoms with Crippen LogP contribution in [0.4, 0.5) is 0 Å². The first-order valence-corrected chi connectivity index (χ1v) is 5.47. The number of carbonyl (C=O) groups is 3. The van der Waals surface area contributed by atoms with Crippen molar-refractivity contribution in [3.05, 3.63) is 0 Å². The molecule has 0 aromatic rings. The van der Waals surface area contributed by atoms with Crippen molar-refractivity contribution in [3.63, 3.8) is 0 Å². The highest BCUT2D eigenvalue weighted by Gasteiger charge is 2.16. The molecule has 7 N–H and O–H groups in total. The number of carboxylic acids is 2. The van der Waals surface area contributed by atoms with Gasteiger partial charge >= 0.3 is 11.9 Å². The number of rotatable bonds is 7. The first-order valence-electron chi connectivity index (χ1n) is 5.47. The van der Waals surface area contributed by atoms with Gasteiger partial charge in [-0.2, -0.15) is 0 Å². The van der Waals surface area contributed by atoms with Crippen LogP contribution >= 0.6 is 0 Å². The van der Waals surface area contributed by atoms with Crippen LogP contribution in [0.25, 0.3) is 0 Å². The van der Waals surface area contributed by atoms with Crippen LogP contribution in [0, 0.1) is 0 Å². The number of unbranched alkanes of at least 4 members (excludes halogenated alkanes) is 1. The average molecular weight is 263 g/mol. The SMILES string of the molecule is CC(=O)N[C@@H](CCCCN)C(=O)O.NCC(=O)O.